The first kappa shape index (κ1) is 24.8. The Morgan fingerprint density at radius 1 is 0.857 bits per heavy atom. The smallest absolute Gasteiger partial charge is 0.261 e. The molecule has 0 spiro atoms. The first-order valence-electron chi connectivity index (χ1n) is 11.9. The fraction of sp³-hybridized carbons (Fsp3) is 0.296. The third-order valence-corrected chi connectivity index (χ3v) is 7.31. The topological polar surface area (TPSA) is 87.7 Å². The van der Waals surface area contributed by atoms with Crippen molar-refractivity contribution in [3.63, 3.8) is 0 Å². The monoisotopic (exact) mass is 493 g/mol. The molecule has 0 atom stereocenters. The van der Waals surface area contributed by atoms with Crippen molar-refractivity contribution in [2.45, 2.75) is 37.6 Å². The zero-order valence-electron chi connectivity index (χ0n) is 19.9. The number of likely N-dealkylation sites (tertiary alicyclic amines) is 1. The molecule has 1 fully saturated rings. The quantitative estimate of drug-likeness (QED) is 0.432. The van der Waals surface area contributed by atoms with Gasteiger partial charge in [0.1, 0.15) is 5.75 Å². The molecule has 1 amide bonds. The summed E-state index contributed by atoms with van der Waals surface area (Å²) < 4.78 is 33.3. The van der Waals surface area contributed by atoms with E-state index in [2.05, 4.69) is 14.9 Å². The van der Waals surface area contributed by atoms with E-state index in [0.29, 0.717) is 29.3 Å². The largest absolute Gasteiger partial charge is 0.494 e. The summed E-state index contributed by atoms with van der Waals surface area (Å²) in [6, 6.07) is 20.4. The van der Waals surface area contributed by atoms with Crippen LogP contribution in [0.5, 0.6) is 5.75 Å². The second-order valence-corrected chi connectivity index (χ2v) is 10.3. The number of piperidine rings is 1. The van der Waals surface area contributed by atoms with Gasteiger partial charge >= 0.3 is 0 Å². The van der Waals surface area contributed by atoms with Crippen LogP contribution in [0.2, 0.25) is 0 Å². The second kappa shape index (κ2) is 11.4. The molecular formula is C27H31N3O4S. The van der Waals surface area contributed by atoms with Crippen LogP contribution in [-0.4, -0.2) is 38.9 Å². The van der Waals surface area contributed by atoms with Gasteiger partial charge in [0.15, 0.2) is 0 Å². The molecule has 4 rings (SSSR count). The number of sulfonamides is 1. The van der Waals surface area contributed by atoms with Crippen molar-refractivity contribution in [2.24, 2.45) is 0 Å². The van der Waals surface area contributed by atoms with Crippen LogP contribution < -0.4 is 14.8 Å². The molecule has 1 aliphatic rings. The summed E-state index contributed by atoms with van der Waals surface area (Å²) in [5.41, 5.74) is 2.71. The molecule has 35 heavy (non-hydrogen) atoms. The molecule has 0 aromatic heterocycles. The van der Waals surface area contributed by atoms with E-state index in [4.69, 9.17) is 4.74 Å². The number of ether oxygens (including phenoxy) is 1. The number of carbonyl (C=O) groups excluding carboxylic acids is 1. The lowest BCUT2D eigenvalue weighted by atomic mass is 10.1. The number of amides is 1. The van der Waals surface area contributed by atoms with Gasteiger partial charge in [0.2, 0.25) is 0 Å². The maximum Gasteiger partial charge on any atom is 0.261 e. The van der Waals surface area contributed by atoms with E-state index in [1.807, 2.05) is 31.2 Å². The Bertz CT molecular complexity index is 1220. The molecule has 0 unspecified atom stereocenters. The fourth-order valence-corrected chi connectivity index (χ4v) is 5.12. The van der Waals surface area contributed by atoms with Gasteiger partial charge in [-0.05, 0) is 99.1 Å². The van der Waals surface area contributed by atoms with Crippen LogP contribution in [0, 0.1) is 0 Å². The molecule has 1 heterocycles. The molecule has 184 valence electrons. The predicted octanol–water partition coefficient (Wildman–Crippen LogP) is 5.12. The average molecular weight is 494 g/mol. The Labute approximate surface area is 207 Å². The highest BCUT2D eigenvalue weighted by molar-refractivity contribution is 7.92. The Hall–Kier alpha value is -3.36. The maximum absolute atomic E-state index is 12.7. The third-order valence-electron chi connectivity index (χ3n) is 5.91. The van der Waals surface area contributed by atoms with Gasteiger partial charge in [-0.25, -0.2) is 8.42 Å². The van der Waals surface area contributed by atoms with E-state index in [1.165, 1.54) is 37.0 Å². The van der Waals surface area contributed by atoms with Gasteiger partial charge in [-0.2, -0.15) is 0 Å². The summed E-state index contributed by atoms with van der Waals surface area (Å²) in [7, 11) is -3.76. The maximum atomic E-state index is 12.7. The fourth-order valence-electron chi connectivity index (χ4n) is 4.06. The highest BCUT2D eigenvalue weighted by Gasteiger charge is 2.15. The summed E-state index contributed by atoms with van der Waals surface area (Å²) in [6.07, 6.45) is 3.80. The van der Waals surface area contributed by atoms with Crippen LogP contribution in [-0.2, 0) is 16.6 Å². The molecule has 8 heteroatoms. The molecule has 0 aliphatic carbocycles. The molecule has 3 aromatic rings. The summed E-state index contributed by atoms with van der Waals surface area (Å²) in [5.74, 6) is 0.435. The van der Waals surface area contributed by atoms with Gasteiger partial charge in [0, 0.05) is 23.5 Å². The highest BCUT2D eigenvalue weighted by Crippen LogP contribution is 2.21. The van der Waals surface area contributed by atoms with Crippen LogP contribution in [0.25, 0.3) is 0 Å². The summed E-state index contributed by atoms with van der Waals surface area (Å²) in [4.78, 5) is 15.2. The lowest BCUT2D eigenvalue weighted by Gasteiger charge is -2.26. The number of anilines is 2. The number of hydrogen-bond acceptors (Lipinski definition) is 5. The lowest BCUT2D eigenvalue weighted by Crippen LogP contribution is -2.29. The Kier molecular flexibility index (Phi) is 8.05. The van der Waals surface area contributed by atoms with Crippen molar-refractivity contribution in [3.8, 4) is 5.75 Å². The van der Waals surface area contributed by atoms with Crippen LogP contribution in [0.15, 0.2) is 77.7 Å². The summed E-state index contributed by atoms with van der Waals surface area (Å²) in [5, 5.41) is 2.83. The lowest BCUT2D eigenvalue weighted by molar-refractivity contribution is 0.102. The number of rotatable bonds is 9. The molecular weight excluding hydrogens is 462 g/mol. The zero-order valence-corrected chi connectivity index (χ0v) is 20.7. The molecule has 7 nitrogen and oxygen atoms in total. The summed E-state index contributed by atoms with van der Waals surface area (Å²) in [6.45, 7) is 5.59. The van der Waals surface area contributed by atoms with Crippen molar-refractivity contribution < 1.29 is 17.9 Å². The molecule has 1 aliphatic heterocycles. The van der Waals surface area contributed by atoms with Crippen molar-refractivity contribution in [2.75, 3.05) is 29.7 Å². The van der Waals surface area contributed by atoms with Gasteiger partial charge in [-0.3, -0.25) is 14.4 Å². The SMILES string of the molecule is CCOc1ccc(NS(=O)(=O)c2ccc(NC(=O)c3ccc(CN4CCCCC4)cc3)cc2)cc1. The number of nitrogens with zero attached hydrogens (tertiary/aromatic N) is 1. The normalized spacial score (nSPS) is 14.3. The van der Waals surface area contributed by atoms with Crippen LogP contribution in [0.3, 0.4) is 0 Å². The standard InChI is InChI=1S/C27H31N3O4S/c1-2-34-25-14-10-24(11-15-25)29-35(32,33)26-16-12-23(13-17-26)28-27(31)22-8-6-21(7-9-22)20-30-18-4-3-5-19-30/h6-17,29H,2-5,18-20H2,1H3,(H,28,31). The van der Waals surface area contributed by atoms with E-state index in [1.54, 1.807) is 36.4 Å². The number of nitrogens with one attached hydrogen (secondary N) is 2. The van der Waals surface area contributed by atoms with Gasteiger partial charge in [0.25, 0.3) is 15.9 Å². The molecule has 3 aromatic carbocycles. The third kappa shape index (κ3) is 6.83. The second-order valence-electron chi connectivity index (χ2n) is 8.58. The van der Waals surface area contributed by atoms with E-state index in [9.17, 15) is 13.2 Å². The van der Waals surface area contributed by atoms with Gasteiger partial charge in [0.05, 0.1) is 11.5 Å². The molecule has 2 N–H and O–H groups in total. The predicted molar refractivity (Wildman–Crippen MR) is 138 cm³/mol. The zero-order chi connectivity index (χ0) is 24.7. The van der Waals surface area contributed by atoms with Crippen LogP contribution in [0.4, 0.5) is 11.4 Å². The molecule has 1 saturated heterocycles. The van der Waals surface area contributed by atoms with Gasteiger partial charge < -0.3 is 10.1 Å². The first-order valence-corrected chi connectivity index (χ1v) is 13.4. The highest BCUT2D eigenvalue weighted by atomic mass is 32.2. The van der Waals surface area contributed by atoms with Gasteiger partial charge in [-0.1, -0.05) is 18.6 Å². The van der Waals surface area contributed by atoms with E-state index in [0.717, 1.165) is 19.6 Å². The van der Waals surface area contributed by atoms with E-state index in [-0.39, 0.29) is 10.8 Å². The number of carbonyl (C=O) groups is 1. The van der Waals surface area contributed by atoms with E-state index < -0.39 is 10.0 Å². The minimum atomic E-state index is -3.76. The average Bonchev–Trinajstić information content (AvgIpc) is 2.87. The van der Waals surface area contributed by atoms with E-state index >= 15 is 0 Å². The molecule has 0 radical (unpaired) electrons. The molecule has 0 saturated carbocycles. The first-order chi connectivity index (χ1) is 16.9. The Balaban J connectivity index is 1.34. The van der Waals surface area contributed by atoms with Crippen LogP contribution in [0.1, 0.15) is 42.1 Å². The van der Waals surface area contributed by atoms with Crippen LogP contribution >= 0.6 is 0 Å². The minimum absolute atomic E-state index is 0.103. The van der Waals surface area contributed by atoms with Crippen molar-refractivity contribution in [3.05, 3.63) is 83.9 Å². The van der Waals surface area contributed by atoms with Gasteiger partial charge in [-0.15, -0.1) is 0 Å². The van der Waals surface area contributed by atoms with Crippen molar-refractivity contribution >= 4 is 27.3 Å². The summed E-state index contributed by atoms with van der Waals surface area (Å²) >= 11 is 0. The minimum Gasteiger partial charge on any atom is -0.494 e. The number of hydrogen-bond donors (Lipinski definition) is 2. The van der Waals surface area contributed by atoms with Crippen molar-refractivity contribution in [1.29, 1.82) is 0 Å². The Morgan fingerprint density at radius 3 is 2.11 bits per heavy atom. The molecule has 0 bridgehead atoms. The Morgan fingerprint density at radius 2 is 1.49 bits per heavy atom. The number of benzene rings is 3. The van der Waals surface area contributed by atoms with Crippen molar-refractivity contribution in [1.82, 2.24) is 4.90 Å².